The molecule has 0 amide bonds. The molecule has 3 rings (SSSR count). The summed E-state index contributed by atoms with van der Waals surface area (Å²) in [5, 5.41) is 0. The summed E-state index contributed by atoms with van der Waals surface area (Å²) in [4.78, 5) is 6.58. The van der Waals surface area contributed by atoms with E-state index in [4.69, 9.17) is 4.74 Å². The molecule has 120 valence electrons. The average molecular weight is 316 g/mol. The van der Waals surface area contributed by atoms with E-state index in [1.807, 2.05) is 74.9 Å². The minimum atomic E-state index is 0.801. The lowest BCUT2D eigenvalue weighted by atomic mass is 10.2. The minimum Gasteiger partial charge on any atom is -0.457 e. The fourth-order valence-electron chi connectivity index (χ4n) is 2.23. The van der Waals surface area contributed by atoms with Crippen molar-refractivity contribution in [2.24, 2.45) is 4.99 Å². The van der Waals surface area contributed by atoms with E-state index in [0.717, 1.165) is 22.7 Å². The van der Waals surface area contributed by atoms with Crippen LogP contribution in [0.3, 0.4) is 0 Å². The van der Waals surface area contributed by atoms with E-state index >= 15 is 0 Å². The predicted octanol–water partition coefficient (Wildman–Crippen LogP) is 5.30. The predicted molar refractivity (Wildman–Crippen MR) is 101 cm³/mol. The molecule has 0 N–H and O–H groups in total. The molecule has 0 aromatic heterocycles. The van der Waals surface area contributed by atoms with Crippen molar-refractivity contribution < 1.29 is 4.74 Å². The lowest BCUT2D eigenvalue weighted by molar-refractivity contribution is 0.483. The Morgan fingerprint density at radius 2 is 1.38 bits per heavy atom. The van der Waals surface area contributed by atoms with Gasteiger partial charge in [0.15, 0.2) is 0 Å². The van der Waals surface area contributed by atoms with E-state index in [0.29, 0.717) is 0 Å². The first-order chi connectivity index (χ1) is 11.7. The molecule has 3 nitrogen and oxygen atoms in total. The highest BCUT2D eigenvalue weighted by molar-refractivity contribution is 5.82. The van der Waals surface area contributed by atoms with Crippen molar-refractivity contribution in [3.05, 3.63) is 84.4 Å². The van der Waals surface area contributed by atoms with Crippen LogP contribution in [-0.4, -0.2) is 20.3 Å². The quantitative estimate of drug-likeness (QED) is 0.597. The van der Waals surface area contributed by atoms with Crippen molar-refractivity contribution in [3.8, 4) is 11.5 Å². The Hall–Kier alpha value is -3.07. The van der Waals surface area contributed by atoms with E-state index in [1.165, 1.54) is 5.69 Å². The molecule has 0 heterocycles. The van der Waals surface area contributed by atoms with Gasteiger partial charge in [-0.1, -0.05) is 30.3 Å². The molecule has 0 radical (unpaired) electrons. The third-order valence-electron chi connectivity index (χ3n) is 3.59. The summed E-state index contributed by atoms with van der Waals surface area (Å²) >= 11 is 0. The van der Waals surface area contributed by atoms with Crippen LogP contribution in [0.2, 0.25) is 0 Å². The molecule has 0 aliphatic rings. The van der Waals surface area contributed by atoms with Gasteiger partial charge in [-0.2, -0.15) is 0 Å². The molecular weight excluding hydrogens is 296 g/mol. The van der Waals surface area contributed by atoms with Crippen LogP contribution in [0, 0.1) is 0 Å². The van der Waals surface area contributed by atoms with Crippen LogP contribution in [0.25, 0.3) is 0 Å². The van der Waals surface area contributed by atoms with Crippen LogP contribution in [0.1, 0.15) is 5.56 Å². The Kier molecular flexibility index (Phi) is 4.92. The topological polar surface area (TPSA) is 24.8 Å². The van der Waals surface area contributed by atoms with Gasteiger partial charge in [0, 0.05) is 26.0 Å². The van der Waals surface area contributed by atoms with Gasteiger partial charge in [0.25, 0.3) is 0 Å². The molecule has 0 bridgehead atoms. The highest BCUT2D eigenvalue weighted by Gasteiger charge is 1.97. The van der Waals surface area contributed by atoms with Crippen molar-refractivity contribution in [3.63, 3.8) is 0 Å². The second-order valence-electron chi connectivity index (χ2n) is 5.65. The zero-order valence-corrected chi connectivity index (χ0v) is 13.9. The number of anilines is 1. The highest BCUT2D eigenvalue weighted by atomic mass is 16.5. The highest BCUT2D eigenvalue weighted by Crippen LogP contribution is 2.23. The van der Waals surface area contributed by atoms with Gasteiger partial charge in [0.1, 0.15) is 11.5 Å². The fourth-order valence-corrected chi connectivity index (χ4v) is 2.23. The van der Waals surface area contributed by atoms with Gasteiger partial charge in [0.2, 0.25) is 0 Å². The molecule has 24 heavy (non-hydrogen) atoms. The number of ether oxygens (including phenoxy) is 1. The van der Waals surface area contributed by atoms with E-state index in [2.05, 4.69) is 34.2 Å². The summed E-state index contributed by atoms with van der Waals surface area (Å²) in [5.41, 5.74) is 3.15. The molecule has 0 saturated carbocycles. The Morgan fingerprint density at radius 1 is 0.750 bits per heavy atom. The first-order valence-corrected chi connectivity index (χ1v) is 7.85. The minimum absolute atomic E-state index is 0.801. The largest absolute Gasteiger partial charge is 0.457 e. The normalized spacial score (nSPS) is 10.8. The van der Waals surface area contributed by atoms with E-state index in [-0.39, 0.29) is 0 Å². The summed E-state index contributed by atoms with van der Waals surface area (Å²) in [6.45, 7) is 0. The molecule has 0 aliphatic carbocycles. The van der Waals surface area contributed by atoms with Crippen LogP contribution in [0.4, 0.5) is 11.4 Å². The van der Waals surface area contributed by atoms with Gasteiger partial charge >= 0.3 is 0 Å². The molecule has 0 unspecified atom stereocenters. The van der Waals surface area contributed by atoms with Gasteiger partial charge in [-0.3, -0.25) is 4.99 Å². The van der Waals surface area contributed by atoms with Crippen LogP contribution < -0.4 is 9.64 Å². The standard InChI is InChI=1S/C21H20N2O/c1-23(2)19-12-8-17(9-13-19)16-22-18-10-14-21(15-11-18)24-20-6-4-3-5-7-20/h3-16H,1-2H3. The zero-order valence-electron chi connectivity index (χ0n) is 13.9. The van der Waals surface area contributed by atoms with Crippen molar-refractivity contribution in [2.45, 2.75) is 0 Å². The van der Waals surface area contributed by atoms with Crippen molar-refractivity contribution in [2.75, 3.05) is 19.0 Å². The summed E-state index contributed by atoms with van der Waals surface area (Å²) in [5.74, 6) is 1.63. The van der Waals surface area contributed by atoms with Crippen LogP contribution in [0.15, 0.2) is 83.9 Å². The Balaban J connectivity index is 1.65. The maximum absolute atomic E-state index is 5.78. The summed E-state index contributed by atoms with van der Waals surface area (Å²) < 4.78 is 5.78. The molecule has 0 atom stereocenters. The molecule has 0 spiro atoms. The Labute approximate surface area is 142 Å². The lowest BCUT2D eigenvalue weighted by Crippen LogP contribution is -2.08. The van der Waals surface area contributed by atoms with Gasteiger partial charge < -0.3 is 9.64 Å². The van der Waals surface area contributed by atoms with Gasteiger partial charge in [0.05, 0.1) is 5.69 Å². The smallest absolute Gasteiger partial charge is 0.127 e. The monoisotopic (exact) mass is 316 g/mol. The molecule has 3 aromatic rings. The van der Waals surface area contributed by atoms with E-state index in [1.54, 1.807) is 0 Å². The van der Waals surface area contributed by atoms with Gasteiger partial charge in [-0.15, -0.1) is 0 Å². The third-order valence-corrected chi connectivity index (χ3v) is 3.59. The number of aliphatic imine (C=N–C) groups is 1. The molecule has 3 heteroatoms. The third kappa shape index (κ3) is 4.23. The second-order valence-corrected chi connectivity index (χ2v) is 5.65. The first kappa shape index (κ1) is 15.8. The molecule has 0 aliphatic heterocycles. The summed E-state index contributed by atoms with van der Waals surface area (Å²) in [6.07, 6.45) is 1.87. The number of hydrogen-bond acceptors (Lipinski definition) is 3. The number of benzene rings is 3. The van der Waals surface area contributed by atoms with E-state index in [9.17, 15) is 0 Å². The number of rotatable bonds is 5. The van der Waals surface area contributed by atoms with Crippen LogP contribution in [0.5, 0.6) is 11.5 Å². The Bertz CT molecular complexity index is 792. The van der Waals surface area contributed by atoms with Crippen molar-refractivity contribution in [1.82, 2.24) is 0 Å². The summed E-state index contributed by atoms with van der Waals surface area (Å²) in [6, 6.07) is 25.8. The SMILES string of the molecule is CN(C)c1ccc(C=Nc2ccc(Oc3ccccc3)cc2)cc1. The van der Waals surface area contributed by atoms with Crippen molar-refractivity contribution >= 4 is 17.6 Å². The molecular formula is C21H20N2O. The first-order valence-electron chi connectivity index (χ1n) is 7.85. The maximum Gasteiger partial charge on any atom is 0.127 e. The maximum atomic E-state index is 5.78. The molecule has 0 fully saturated rings. The average Bonchev–Trinajstić information content (AvgIpc) is 2.62. The van der Waals surface area contributed by atoms with Gasteiger partial charge in [-0.25, -0.2) is 0 Å². The lowest BCUT2D eigenvalue weighted by Gasteiger charge is -2.11. The van der Waals surface area contributed by atoms with Crippen LogP contribution in [-0.2, 0) is 0 Å². The molecule has 0 saturated heterocycles. The molecule has 3 aromatic carbocycles. The van der Waals surface area contributed by atoms with Crippen molar-refractivity contribution in [1.29, 1.82) is 0 Å². The Morgan fingerprint density at radius 3 is 2.00 bits per heavy atom. The number of nitrogens with zero attached hydrogens (tertiary/aromatic N) is 2. The summed E-state index contributed by atoms with van der Waals surface area (Å²) in [7, 11) is 4.06. The zero-order chi connectivity index (χ0) is 16.8. The fraction of sp³-hybridized carbons (Fsp3) is 0.0952. The second kappa shape index (κ2) is 7.47. The number of para-hydroxylation sites is 1. The van der Waals surface area contributed by atoms with E-state index < -0.39 is 0 Å². The number of hydrogen-bond donors (Lipinski definition) is 0. The van der Waals surface area contributed by atoms with Crippen LogP contribution >= 0.6 is 0 Å². The van der Waals surface area contributed by atoms with Gasteiger partial charge in [-0.05, 0) is 54.1 Å².